The minimum Gasteiger partial charge on any atom is -0.326 e. The third kappa shape index (κ3) is 6.52. The third-order valence-corrected chi connectivity index (χ3v) is 2.48. The van der Waals surface area contributed by atoms with Crippen LogP contribution in [0, 0.1) is 0 Å². The highest BCUT2D eigenvalue weighted by atomic mass is 16.2. The molecule has 0 spiro atoms. The number of ketones is 1. The van der Waals surface area contributed by atoms with Crippen LogP contribution in [0.4, 0.5) is 5.69 Å². The van der Waals surface area contributed by atoms with Gasteiger partial charge in [-0.3, -0.25) is 9.59 Å². The van der Waals surface area contributed by atoms with Gasteiger partial charge in [0.25, 0.3) is 0 Å². The lowest BCUT2D eigenvalue weighted by Crippen LogP contribution is -2.14. The van der Waals surface area contributed by atoms with Crippen molar-refractivity contribution in [3.05, 3.63) is 35.9 Å². The second-order valence-corrected chi connectivity index (χ2v) is 4.34. The van der Waals surface area contributed by atoms with E-state index in [9.17, 15) is 9.59 Å². The maximum Gasteiger partial charge on any atom is 0.231 e. The molecule has 0 unspecified atom stereocenters. The van der Waals surface area contributed by atoms with Crippen molar-refractivity contribution < 1.29 is 9.59 Å². The molecule has 4 heteroatoms. The predicted octanol–water partition coefficient (Wildman–Crippen LogP) is 2.23. The van der Waals surface area contributed by atoms with Crippen molar-refractivity contribution in [2.24, 2.45) is 0 Å². The van der Waals surface area contributed by atoms with Gasteiger partial charge in [0.1, 0.15) is 5.78 Å². The first-order chi connectivity index (χ1) is 9.11. The van der Waals surface area contributed by atoms with Gasteiger partial charge in [-0.25, -0.2) is 0 Å². The lowest BCUT2D eigenvalue weighted by atomic mass is 10.2. The summed E-state index contributed by atoms with van der Waals surface area (Å²) in [5.41, 5.74) is 1.79. The van der Waals surface area contributed by atoms with Crippen molar-refractivity contribution in [2.75, 3.05) is 18.9 Å². The van der Waals surface area contributed by atoms with Gasteiger partial charge >= 0.3 is 0 Å². The quantitative estimate of drug-likeness (QED) is 0.584. The number of Topliss-reactive ketones (excluding diaryl/α,β-unsaturated/α-hetero) is 1. The zero-order valence-electron chi connectivity index (χ0n) is 11.4. The largest absolute Gasteiger partial charge is 0.326 e. The zero-order valence-corrected chi connectivity index (χ0v) is 11.4. The fourth-order valence-electron chi connectivity index (χ4n) is 1.56. The van der Waals surface area contributed by atoms with Crippen molar-refractivity contribution in [3.8, 4) is 0 Å². The normalized spacial score (nSPS) is 10.6. The van der Waals surface area contributed by atoms with Gasteiger partial charge in [0, 0.05) is 5.69 Å². The summed E-state index contributed by atoms with van der Waals surface area (Å²) in [6, 6.07) is 7.52. The van der Waals surface area contributed by atoms with Gasteiger partial charge in [-0.2, -0.15) is 0 Å². The predicted molar refractivity (Wildman–Crippen MR) is 77.9 cm³/mol. The van der Waals surface area contributed by atoms with Crippen LogP contribution in [0.1, 0.15) is 25.3 Å². The van der Waals surface area contributed by atoms with E-state index in [0.29, 0.717) is 5.69 Å². The van der Waals surface area contributed by atoms with E-state index >= 15 is 0 Å². The van der Waals surface area contributed by atoms with Gasteiger partial charge in [-0.1, -0.05) is 24.3 Å². The number of anilines is 1. The van der Waals surface area contributed by atoms with Crippen LogP contribution in [0.3, 0.4) is 0 Å². The molecule has 1 aromatic carbocycles. The number of rotatable bonds is 7. The number of carbonyl (C=O) groups is 2. The van der Waals surface area contributed by atoms with E-state index in [1.54, 1.807) is 0 Å². The fraction of sp³-hybridized carbons (Fsp3) is 0.333. The molecule has 0 aliphatic carbocycles. The number of amides is 1. The highest BCUT2D eigenvalue weighted by molar-refractivity contribution is 6.03. The van der Waals surface area contributed by atoms with Crippen LogP contribution >= 0.6 is 0 Å². The van der Waals surface area contributed by atoms with Gasteiger partial charge in [0.2, 0.25) is 5.91 Å². The number of benzene rings is 1. The Morgan fingerprint density at radius 3 is 2.47 bits per heavy atom. The Bertz CT molecular complexity index is 450. The van der Waals surface area contributed by atoms with E-state index in [4.69, 9.17) is 0 Å². The summed E-state index contributed by atoms with van der Waals surface area (Å²) in [4.78, 5) is 22.2. The summed E-state index contributed by atoms with van der Waals surface area (Å²) in [5.74, 6) is -0.411. The first-order valence-corrected chi connectivity index (χ1v) is 6.32. The smallest absolute Gasteiger partial charge is 0.231 e. The molecule has 102 valence electrons. The van der Waals surface area contributed by atoms with Crippen molar-refractivity contribution in [1.82, 2.24) is 5.32 Å². The molecule has 1 rings (SSSR count). The summed E-state index contributed by atoms with van der Waals surface area (Å²) in [6.07, 6.45) is 5.04. The lowest BCUT2D eigenvalue weighted by Gasteiger charge is -2.04. The van der Waals surface area contributed by atoms with Crippen LogP contribution in [-0.2, 0) is 9.59 Å². The minimum atomic E-state index is -0.273. The molecule has 19 heavy (non-hydrogen) atoms. The molecule has 2 N–H and O–H groups in total. The molecule has 0 radical (unpaired) electrons. The molecule has 0 heterocycles. The standard InChI is InChI=1S/C15H20N2O2/c1-12(18)11-15(19)17-14-8-6-13(7-9-14)5-3-4-10-16-2/h3,5-9,16H,4,10-11H2,1-2H3,(H,17,19). The van der Waals surface area contributed by atoms with Gasteiger partial charge in [0.15, 0.2) is 0 Å². The zero-order chi connectivity index (χ0) is 14.1. The second kappa shape index (κ2) is 8.21. The Labute approximate surface area is 113 Å². The summed E-state index contributed by atoms with van der Waals surface area (Å²) >= 11 is 0. The van der Waals surface area contributed by atoms with Crippen LogP contribution in [0.2, 0.25) is 0 Å². The maximum absolute atomic E-state index is 11.4. The van der Waals surface area contributed by atoms with Crippen molar-refractivity contribution in [3.63, 3.8) is 0 Å². The molecular formula is C15H20N2O2. The van der Waals surface area contributed by atoms with Crippen LogP contribution in [-0.4, -0.2) is 25.3 Å². The average Bonchev–Trinajstić information content (AvgIpc) is 2.35. The van der Waals surface area contributed by atoms with E-state index in [-0.39, 0.29) is 18.1 Å². The van der Waals surface area contributed by atoms with Crippen molar-refractivity contribution in [1.29, 1.82) is 0 Å². The molecule has 0 fully saturated rings. The van der Waals surface area contributed by atoms with Crippen LogP contribution in [0.25, 0.3) is 6.08 Å². The van der Waals surface area contributed by atoms with Gasteiger partial charge in [-0.15, -0.1) is 0 Å². The van der Waals surface area contributed by atoms with Gasteiger partial charge in [0.05, 0.1) is 6.42 Å². The van der Waals surface area contributed by atoms with Crippen LogP contribution in [0.15, 0.2) is 30.3 Å². The summed E-state index contributed by atoms with van der Waals surface area (Å²) in [6.45, 7) is 2.36. The summed E-state index contributed by atoms with van der Waals surface area (Å²) in [5, 5.41) is 5.76. The van der Waals surface area contributed by atoms with E-state index in [2.05, 4.69) is 16.7 Å². The topological polar surface area (TPSA) is 58.2 Å². The second-order valence-electron chi connectivity index (χ2n) is 4.34. The average molecular weight is 260 g/mol. The SMILES string of the molecule is CNCCC=Cc1ccc(NC(=O)CC(C)=O)cc1. The highest BCUT2D eigenvalue weighted by Gasteiger charge is 2.04. The molecule has 0 aromatic heterocycles. The lowest BCUT2D eigenvalue weighted by molar-refractivity contribution is -0.124. The molecule has 0 saturated carbocycles. The Kier molecular flexibility index (Phi) is 6.53. The van der Waals surface area contributed by atoms with E-state index in [1.807, 2.05) is 37.4 Å². The third-order valence-electron chi connectivity index (χ3n) is 2.48. The molecule has 0 aliphatic heterocycles. The first kappa shape index (κ1) is 15.1. The van der Waals surface area contributed by atoms with Crippen LogP contribution < -0.4 is 10.6 Å². The van der Waals surface area contributed by atoms with Crippen molar-refractivity contribution in [2.45, 2.75) is 19.8 Å². The number of hydrogen-bond acceptors (Lipinski definition) is 3. The Balaban J connectivity index is 2.49. The number of hydrogen-bond donors (Lipinski definition) is 2. The molecule has 4 nitrogen and oxygen atoms in total. The first-order valence-electron chi connectivity index (χ1n) is 6.32. The fourth-order valence-corrected chi connectivity index (χ4v) is 1.56. The Morgan fingerprint density at radius 2 is 1.89 bits per heavy atom. The minimum absolute atomic E-state index is 0.0777. The van der Waals surface area contributed by atoms with Gasteiger partial charge < -0.3 is 10.6 Å². The molecule has 0 saturated heterocycles. The molecule has 0 aliphatic rings. The van der Waals surface area contributed by atoms with Crippen LogP contribution in [0.5, 0.6) is 0 Å². The monoisotopic (exact) mass is 260 g/mol. The summed E-state index contributed by atoms with van der Waals surface area (Å²) < 4.78 is 0. The number of nitrogens with one attached hydrogen (secondary N) is 2. The molecule has 1 aromatic rings. The Hall–Kier alpha value is -1.94. The van der Waals surface area contributed by atoms with Crippen molar-refractivity contribution >= 4 is 23.5 Å². The van der Waals surface area contributed by atoms with E-state index in [0.717, 1.165) is 18.5 Å². The molecule has 1 amide bonds. The highest BCUT2D eigenvalue weighted by Crippen LogP contribution is 2.11. The Morgan fingerprint density at radius 1 is 1.21 bits per heavy atom. The van der Waals surface area contributed by atoms with E-state index < -0.39 is 0 Å². The molecular weight excluding hydrogens is 240 g/mol. The summed E-state index contributed by atoms with van der Waals surface area (Å²) in [7, 11) is 1.92. The maximum atomic E-state index is 11.4. The van der Waals surface area contributed by atoms with E-state index in [1.165, 1.54) is 6.92 Å². The molecule has 0 atom stereocenters. The van der Waals surface area contributed by atoms with Gasteiger partial charge in [-0.05, 0) is 44.6 Å². The number of carbonyl (C=O) groups excluding carboxylic acids is 2. The molecule has 0 bridgehead atoms.